The average molecular weight is 316 g/mol. The lowest BCUT2D eigenvalue weighted by molar-refractivity contribution is -0.146. The number of halogens is 1. The summed E-state index contributed by atoms with van der Waals surface area (Å²) in [6.07, 6.45) is 0. The van der Waals surface area contributed by atoms with Crippen LogP contribution in [0.15, 0.2) is 59.6 Å². The highest BCUT2D eigenvalue weighted by atomic mass is 35.5. The second kappa shape index (κ2) is 6.62. The largest absolute Gasteiger partial charge is 0.475 e. The molecule has 1 atom stereocenters. The van der Waals surface area contributed by atoms with Crippen molar-refractivity contribution < 1.29 is 14.3 Å². The Kier molecular flexibility index (Phi) is 4.39. The fourth-order valence-electron chi connectivity index (χ4n) is 2.07. The molecule has 0 fully saturated rings. The molecule has 0 aliphatic carbocycles. The van der Waals surface area contributed by atoms with Crippen LogP contribution >= 0.6 is 11.6 Å². The number of carbonyl (C=O) groups excluding carboxylic acids is 1. The van der Waals surface area contributed by atoms with E-state index in [1.165, 1.54) is 0 Å². The molecule has 4 nitrogen and oxygen atoms in total. The van der Waals surface area contributed by atoms with E-state index in [9.17, 15) is 4.79 Å². The summed E-state index contributed by atoms with van der Waals surface area (Å²) in [5.41, 5.74) is 1.74. The van der Waals surface area contributed by atoms with Gasteiger partial charge in [0.05, 0.1) is 0 Å². The number of nitrogens with zero attached hydrogens (tertiary/aromatic N) is 1. The third-order valence-corrected chi connectivity index (χ3v) is 3.49. The fraction of sp³-hybridized carbons (Fsp3) is 0.176. The topological polar surface area (TPSA) is 47.9 Å². The van der Waals surface area contributed by atoms with E-state index in [1.807, 2.05) is 30.3 Å². The molecule has 0 saturated carbocycles. The van der Waals surface area contributed by atoms with Crippen LogP contribution in [0.3, 0.4) is 0 Å². The highest BCUT2D eigenvalue weighted by molar-refractivity contribution is 6.30. The molecule has 1 aliphatic rings. The molecular weight excluding hydrogens is 302 g/mol. The first-order valence-corrected chi connectivity index (χ1v) is 7.27. The van der Waals surface area contributed by atoms with E-state index in [2.05, 4.69) is 4.99 Å². The monoisotopic (exact) mass is 315 g/mol. The van der Waals surface area contributed by atoms with Crippen molar-refractivity contribution in [2.45, 2.75) is 12.6 Å². The lowest BCUT2D eigenvalue weighted by atomic mass is 10.2. The quantitative estimate of drug-likeness (QED) is 0.814. The Balaban J connectivity index is 1.61. The average Bonchev–Trinajstić information content (AvgIpc) is 3.04. The van der Waals surface area contributed by atoms with Gasteiger partial charge in [0.2, 0.25) is 5.90 Å². The number of carbonyl (C=O) groups is 1. The maximum absolute atomic E-state index is 12.0. The van der Waals surface area contributed by atoms with E-state index in [4.69, 9.17) is 21.1 Å². The predicted molar refractivity (Wildman–Crippen MR) is 84.0 cm³/mol. The molecule has 2 aromatic carbocycles. The first-order valence-electron chi connectivity index (χ1n) is 6.89. The maximum atomic E-state index is 12.0. The van der Waals surface area contributed by atoms with Crippen LogP contribution in [-0.2, 0) is 20.9 Å². The lowest BCUT2D eigenvalue weighted by Gasteiger charge is -2.06. The first kappa shape index (κ1) is 14.6. The van der Waals surface area contributed by atoms with Crippen molar-refractivity contribution in [3.05, 3.63) is 70.7 Å². The van der Waals surface area contributed by atoms with Gasteiger partial charge in [0.1, 0.15) is 13.2 Å². The molecule has 0 spiro atoms. The maximum Gasteiger partial charge on any atom is 0.334 e. The summed E-state index contributed by atoms with van der Waals surface area (Å²) < 4.78 is 10.7. The molecule has 0 amide bonds. The van der Waals surface area contributed by atoms with Crippen LogP contribution < -0.4 is 0 Å². The number of rotatable bonds is 4. The minimum atomic E-state index is -0.616. The Morgan fingerprint density at radius 3 is 2.64 bits per heavy atom. The third kappa shape index (κ3) is 3.46. The van der Waals surface area contributed by atoms with Crippen LogP contribution in [0.5, 0.6) is 0 Å². The molecule has 0 saturated heterocycles. The Morgan fingerprint density at radius 2 is 1.91 bits per heavy atom. The Bertz CT molecular complexity index is 683. The van der Waals surface area contributed by atoms with Crippen LogP contribution in [0.4, 0.5) is 0 Å². The Morgan fingerprint density at radius 1 is 1.18 bits per heavy atom. The zero-order valence-electron chi connectivity index (χ0n) is 11.7. The van der Waals surface area contributed by atoms with E-state index in [0.29, 0.717) is 10.9 Å². The summed E-state index contributed by atoms with van der Waals surface area (Å²) in [4.78, 5) is 16.3. The Labute approximate surface area is 133 Å². The predicted octanol–water partition coefficient (Wildman–Crippen LogP) is 3.23. The van der Waals surface area contributed by atoms with Gasteiger partial charge < -0.3 is 9.47 Å². The summed E-state index contributed by atoms with van der Waals surface area (Å²) in [5.74, 6) is 0.0612. The van der Waals surface area contributed by atoms with Crippen LogP contribution in [-0.4, -0.2) is 24.5 Å². The molecular formula is C17H14ClNO3. The summed E-state index contributed by atoms with van der Waals surface area (Å²) in [6, 6.07) is 16.0. The molecule has 5 heteroatoms. The van der Waals surface area contributed by atoms with Gasteiger partial charge in [-0.25, -0.2) is 9.79 Å². The number of esters is 1. The van der Waals surface area contributed by atoms with Crippen molar-refractivity contribution >= 4 is 23.5 Å². The van der Waals surface area contributed by atoms with Gasteiger partial charge in [0, 0.05) is 10.6 Å². The van der Waals surface area contributed by atoms with Crippen molar-refractivity contribution in [3.63, 3.8) is 0 Å². The number of benzene rings is 2. The van der Waals surface area contributed by atoms with E-state index >= 15 is 0 Å². The number of ether oxygens (including phenoxy) is 2. The van der Waals surface area contributed by atoms with Crippen LogP contribution in [0.1, 0.15) is 11.1 Å². The van der Waals surface area contributed by atoms with Crippen molar-refractivity contribution in [1.82, 2.24) is 0 Å². The van der Waals surface area contributed by atoms with Crippen molar-refractivity contribution in [3.8, 4) is 0 Å². The summed E-state index contributed by atoms with van der Waals surface area (Å²) in [5, 5.41) is 0.640. The van der Waals surface area contributed by atoms with Crippen molar-refractivity contribution in [2.24, 2.45) is 4.99 Å². The third-order valence-electron chi connectivity index (χ3n) is 3.24. The highest BCUT2D eigenvalue weighted by Crippen LogP contribution is 2.16. The van der Waals surface area contributed by atoms with Crippen LogP contribution in [0.2, 0.25) is 5.02 Å². The van der Waals surface area contributed by atoms with E-state index < -0.39 is 6.04 Å². The van der Waals surface area contributed by atoms with Gasteiger partial charge in [-0.15, -0.1) is 0 Å². The molecule has 1 aliphatic heterocycles. The Hall–Kier alpha value is -2.33. The van der Waals surface area contributed by atoms with Gasteiger partial charge in [0.15, 0.2) is 6.04 Å². The van der Waals surface area contributed by atoms with Gasteiger partial charge in [-0.2, -0.15) is 0 Å². The van der Waals surface area contributed by atoms with Crippen LogP contribution in [0.25, 0.3) is 0 Å². The fourth-order valence-corrected chi connectivity index (χ4v) is 2.20. The van der Waals surface area contributed by atoms with E-state index in [-0.39, 0.29) is 19.2 Å². The normalized spacial score (nSPS) is 16.8. The SMILES string of the molecule is O=C(OCc1ccccc1)[C@@H]1COC(c2ccc(Cl)cc2)=N1. The van der Waals surface area contributed by atoms with Crippen molar-refractivity contribution in [2.75, 3.05) is 6.61 Å². The molecule has 0 N–H and O–H groups in total. The molecule has 3 rings (SSSR count). The standard InChI is InChI=1S/C17H14ClNO3/c18-14-8-6-13(7-9-14)16-19-15(11-21-16)17(20)22-10-12-4-2-1-3-5-12/h1-9,15H,10-11H2/t15-/m0/s1. The number of hydrogen-bond donors (Lipinski definition) is 0. The second-order valence-electron chi connectivity index (χ2n) is 4.86. The molecule has 0 unspecified atom stereocenters. The summed E-state index contributed by atoms with van der Waals surface area (Å²) >= 11 is 5.84. The highest BCUT2D eigenvalue weighted by Gasteiger charge is 2.27. The zero-order valence-corrected chi connectivity index (χ0v) is 12.5. The molecule has 0 radical (unpaired) electrons. The molecule has 1 heterocycles. The van der Waals surface area contributed by atoms with Gasteiger partial charge in [0.25, 0.3) is 0 Å². The minimum absolute atomic E-state index is 0.200. The number of aliphatic imine (C=N–C) groups is 1. The number of hydrogen-bond acceptors (Lipinski definition) is 4. The van der Waals surface area contributed by atoms with Crippen LogP contribution in [0, 0.1) is 0 Å². The first-order chi connectivity index (χ1) is 10.7. The van der Waals surface area contributed by atoms with E-state index in [0.717, 1.165) is 11.1 Å². The van der Waals surface area contributed by atoms with Crippen molar-refractivity contribution in [1.29, 1.82) is 0 Å². The summed E-state index contributed by atoms with van der Waals surface area (Å²) in [7, 11) is 0. The molecule has 0 aromatic heterocycles. The van der Waals surface area contributed by atoms with Gasteiger partial charge >= 0.3 is 5.97 Å². The minimum Gasteiger partial charge on any atom is -0.475 e. The van der Waals surface area contributed by atoms with Gasteiger partial charge in [-0.3, -0.25) is 0 Å². The molecule has 0 bridgehead atoms. The lowest BCUT2D eigenvalue weighted by Crippen LogP contribution is -2.22. The smallest absolute Gasteiger partial charge is 0.334 e. The second-order valence-corrected chi connectivity index (χ2v) is 5.30. The summed E-state index contributed by atoms with van der Waals surface area (Å²) in [6.45, 7) is 0.438. The molecule has 112 valence electrons. The van der Waals surface area contributed by atoms with Gasteiger partial charge in [-0.1, -0.05) is 41.9 Å². The zero-order chi connectivity index (χ0) is 15.4. The van der Waals surface area contributed by atoms with E-state index in [1.54, 1.807) is 24.3 Å². The molecule has 2 aromatic rings. The molecule has 22 heavy (non-hydrogen) atoms. The van der Waals surface area contributed by atoms with Gasteiger partial charge in [-0.05, 0) is 29.8 Å².